The summed E-state index contributed by atoms with van der Waals surface area (Å²) in [5.74, 6) is 1.90. The van der Waals surface area contributed by atoms with E-state index in [2.05, 4.69) is 74.2 Å². The predicted molar refractivity (Wildman–Crippen MR) is 274 cm³/mol. The predicted octanol–water partition coefficient (Wildman–Crippen LogP) is 5.70. The molecule has 342 valence electrons. The number of piperazine rings is 2. The summed E-state index contributed by atoms with van der Waals surface area (Å²) >= 11 is 29.4. The van der Waals surface area contributed by atoms with Crippen LogP contribution in [0.15, 0.2) is 66.7 Å². The Labute approximate surface area is 510 Å². The number of fused-ring (bicyclic) bond motifs is 2. The third-order valence-corrected chi connectivity index (χ3v) is 15.0. The van der Waals surface area contributed by atoms with Gasteiger partial charge in [0.25, 0.3) is 0 Å². The standard InChI is InChI=1S/C27H33Cl2N3O2.C20H27Cl2N3O2.ClH.4K/c1-30(15-20-7-8-20)24-17-34-18-25-27(24)32(12-11-31(25)16-19-5-3-2-4-6-19)26(33)14-21-9-10-22(28)23(29)13-21;1-24(10-13-2-3-13)18-12-27-11-17-20(18)25(7-6-23-17)19(26)9-14-4-5-15(21)16(22)8-14;;;;;/h2-6,9-10,13,20,24-25,27H,7-8,11-12,14-18H2,1H3;4-5,8,13,17-18,20,23H,2-3,6-7,9-12H2,1H3;1H;;;;/t24-,25+,27+;17-,18+,20+;;;;;/m01...../s1. The van der Waals surface area contributed by atoms with E-state index < -0.39 is 0 Å². The van der Waals surface area contributed by atoms with Gasteiger partial charge in [-0.05, 0) is 92.6 Å². The molecular formula is C47H61Cl5K4N6O4. The molecule has 1 N–H and O–H groups in total. The number of amides is 2. The molecule has 0 radical (unpaired) electrons. The van der Waals surface area contributed by atoms with E-state index in [0.29, 0.717) is 59.4 Å². The van der Waals surface area contributed by atoms with Crippen LogP contribution in [0.3, 0.4) is 0 Å². The van der Waals surface area contributed by atoms with E-state index in [0.717, 1.165) is 68.8 Å². The minimum atomic E-state index is 0. The first-order chi connectivity index (χ1) is 31.5. The normalized spacial score (nSPS) is 24.9. The number of nitrogens with one attached hydrogen (secondary N) is 1. The van der Waals surface area contributed by atoms with Crippen LogP contribution in [0.4, 0.5) is 0 Å². The van der Waals surface area contributed by atoms with E-state index >= 15 is 0 Å². The van der Waals surface area contributed by atoms with Gasteiger partial charge in [-0.3, -0.25) is 24.3 Å². The second kappa shape index (κ2) is 31.5. The number of benzene rings is 3. The molecule has 2 saturated carbocycles. The number of hydrogen-bond donors (Lipinski definition) is 1. The van der Waals surface area contributed by atoms with Crippen molar-refractivity contribution in [3.63, 3.8) is 0 Å². The summed E-state index contributed by atoms with van der Waals surface area (Å²) in [6.07, 6.45) is 5.95. The number of nitrogens with zero attached hydrogens (tertiary/aromatic N) is 5. The Morgan fingerprint density at radius 3 is 1.65 bits per heavy atom. The van der Waals surface area contributed by atoms with E-state index in [1.165, 1.54) is 158 Å². The van der Waals surface area contributed by atoms with E-state index in [1.807, 2.05) is 18.2 Å². The quantitative estimate of drug-likeness (QED) is 0.232. The number of halogens is 5. The molecule has 66 heavy (non-hydrogen) atoms. The van der Waals surface area contributed by atoms with Crippen LogP contribution >= 0.6 is 58.8 Å². The number of ether oxygens (including phenoxy) is 2. The van der Waals surface area contributed by atoms with Crippen LogP contribution in [0.25, 0.3) is 0 Å². The molecule has 2 aliphatic carbocycles. The van der Waals surface area contributed by atoms with Crippen LogP contribution in [0.2, 0.25) is 20.1 Å². The third kappa shape index (κ3) is 18.0. The van der Waals surface area contributed by atoms with Crippen LogP contribution in [0.5, 0.6) is 0 Å². The monoisotopic (exact) mass is 1100 g/mol. The van der Waals surface area contributed by atoms with Gasteiger partial charge in [-0.1, -0.05) is 88.9 Å². The van der Waals surface area contributed by atoms with Crippen molar-refractivity contribution < 1.29 is 19.1 Å². The summed E-state index contributed by atoms with van der Waals surface area (Å²) in [7, 11) is 4.37. The zero-order valence-corrected chi connectivity index (χ0v) is 56.1. The number of likely N-dealkylation sites (N-methyl/N-ethyl adjacent to an activating group) is 2. The van der Waals surface area contributed by atoms with Gasteiger partial charge in [0, 0.05) is 45.8 Å². The van der Waals surface area contributed by atoms with E-state index in [1.54, 1.807) is 18.2 Å². The fourth-order valence-electron chi connectivity index (χ4n) is 9.87. The number of carbonyl (C=O) groups excluding carboxylic acids is 2. The molecule has 4 heterocycles. The van der Waals surface area contributed by atoms with Crippen molar-refractivity contribution in [2.24, 2.45) is 11.8 Å². The van der Waals surface area contributed by atoms with E-state index in [9.17, 15) is 9.59 Å². The van der Waals surface area contributed by atoms with Crippen molar-refractivity contribution in [3.8, 4) is 0 Å². The second-order valence-corrected chi connectivity index (χ2v) is 19.7. The molecule has 4 aliphatic heterocycles. The number of carbonyl (C=O) groups is 2. The average molecular weight is 1110 g/mol. The van der Waals surface area contributed by atoms with Gasteiger partial charge in [0.2, 0.25) is 11.8 Å². The molecule has 9 rings (SSSR count). The topological polar surface area (TPSA) is 80.8 Å². The molecule has 6 atom stereocenters. The van der Waals surface area contributed by atoms with Crippen LogP contribution in [-0.2, 0) is 38.4 Å². The van der Waals surface area contributed by atoms with Gasteiger partial charge in [-0.25, -0.2) is 0 Å². The Morgan fingerprint density at radius 1 is 0.636 bits per heavy atom. The number of rotatable bonds is 12. The van der Waals surface area contributed by atoms with Crippen LogP contribution in [0.1, 0.15) is 42.4 Å². The summed E-state index contributed by atoms with van der Waals surface area (Å²) in [5.41, 5.74) is 3.10. The van der Waals surface area contributed by atoms with Crippen molar-refractivity contribution in [1.82, 2.24) is 29.8 Å². The molecule has 4 saturated heterocycles. The van der Waals surface area contributed by atoms with Gasteiger partial charge in [-0.15, -0.1) is 12.4 Å². The first-order valence-corrected chi connectivity index (χ1v) is 57.6. The van der Waals surface area contributed by atoms with Crippen molar-refractivity contribution in [2.45, 2.75) is 81.3 Å². The average Bonchev–Trinajstić information content (AvgIpc) is 4.28. The van der Waals surface area contributed by atoms with Gasteiger partial charge >= 0.3 is 126 Å². The molecular weight excluding hydrogens is 1050 g/mol. The van der Waals surface area contributed by atoms with Crippen LogP contribution in [-0.4, -0.2) is 279 Å². The van der Waals surface area contributed by atoms with Crippen LogP contribution in [0, 0.1) is 11.8 Å². The Hall–Kier alpha value is 4.36. The summed E-state index contributed by atoms with van der Waals surface area (Å²) in [4.78, 5) is 38.4. The molecule has 6 aliphatic rings. The van der Waals surface area contributed by atoms with Crippen molar-refractivity contribution in [3.05, 3.63) is 104 Å². The maximum absolute atomic E-state index is 13.7. The van der Waals surface area contributed by atoms with Gasteiger partial charge in [0.1, 0.15) is 0 Å². The number of hydrogen-bond acceptors (Lipinski definition) is 8. The van der Waals surface area contributed by atoms with Gasteiger partial charge in [0.15, 0.2) is 0 Å². The summed E-state index contributed by atoms with van der Waals surface area (Å²) in [6.45, 7) is 8.80. The zero-order chi connectivity index (χ0) is 46.6. The van der Waals surface area contributed by atoms with Crippen LogP contribution < -0.4 is 5.32 Å². The fourth-order valence-corrected chi connectivity index (χ4v) is 10.5. The molecule has 0 spiro atoms. The van der Waals surface area contributed by atoms with Crippen molar-refractivity contribution in [1.29, 1.82) is 0 Å². The Kier molecular flexibility index (Phi) is 29.3. The summed E-state index contributed by atoms with van der Waals surface area (Å²) in [6, 6.07) is 22.5. The molecule has 2 amide bonds. The Morgan fingerprint density at radius 2 is 1.14 bits per heavy atom. The van der Waals surface area contributed by atoms with Crippen molar-refractivity contribution in [2.75, 3.05) is 79.8 Å². The molecule has 6 fully saturated rings. The molecule has 10 nitrogen and oxygen atoms in total. The van der Waals surface area contributed by atoms with Gasteiger partial charge in [0.05, 0.1) is 95.6 Å². The molecule has 19 heteroatoms. The summed E-state index contributed by atoms with van der Waals surface area (Å²) in [5, 5.41) is 5.57. The SMILES string of the molecule is CN(CC1CC1)[C@H]1COC[C@@H]2[C@@H]1N(C(=O)Cc1ccc(Cl)c(Cl)c1)CCN2Cc1ccccc1.CN(CC1CC1)[C@H]1COC[C@H]2NCCN(C(=O)Cc3ccc(Cl)c(Cl)c3)[C@@H]21.Cl.[K][K].[K][K]. The molecule has 0 unspecified atom stereocenters. The zero-order valence-electron chi connectivity index (χ0n) is 39.8. The Bertz CT molecular complexity index is 2000. The van der Waals surface area contributed by atoms with Gasteiger partial charge in [-0.2, -0.15) is 0 Å². The van der Waals surface area contributed by atoms with E-state index in [-0.39, 0.29) is 60.5 Å². The fraction of sp³-hybridized carbons (Fsp3) is 0.574. The third-order valence-electron chi connectivity index (χ3n) is 13.5. The van der Waals surface area contributed by atoms with Gasteiger partial charge < -0.3 is 24.6 Å². The van der Waals surface area contributed by atoms with Crippen molar-refractivity contribution >= 4 is 197 Å². The molecule has 0 aromatic heterocycles. The first kappa shape index (κ1) is 61.2. The van der Waals surface area contributed by atoms with E-state index in [4.69, 9.17) is 55.9 Å². The second-order valence-electron chi connectivity index (χ2n) is 18.1. The molecule has 3 aromatic rings. The maximum atomic E-state index is 13.7. The molecule has 3 aromatic carbocycles. The molecule has 0 bridgehead atoms. The Balaban J connectivity index is 0.000000232. The summed E-state index contributed by atoms with van der Waals surface area (Å²) < 4.78 is 12.0. The minimum absolute atomic E-state index is 0. The first-order valence-electron chi connectivity index (χ1n) is 24.1.